The Labute approximate surface area is 125 Å². The Morgan fingerprint density at radius 1 is 0.905 bits per heavy atom. The molecule has 1 fully saturated rings. The van der Waals surface area contributed by atoms with Crippen LogP contribution in [0.15, 0.2) is 48.5 Å². The van der Waals surface area contributed by atoms with Crippen LogP contribution in [0.2, 0.25) is 0 Å². The standard InChI is InChI=1S/C17H21N3O/c1-19(15-4-2-14(18)3-5-15)16-6-8-17(9-7-16)20-10-12-21-13-11-20/h2-9H,10-13,18H2,1H3. The highest BCUT2D eigenvalue weighted by Crippen LogP contribution is 2.26. The van der Waals surface area contributed by atoms with Crippen molar-refractivity contribution in [1.82, 2.24) is 0 Å². The van der Waals surface area contributed by atoms with Crippen molar-refractivity contribution in [1.29, 1.82) is 0 Å². The highest BCUT2D eigenvalue weighted by Gasteiger charge is 2.11. The molecule has 3 rings (SSSR count). The van der Waals surface area contributed by atoms with E-state index in [4.69, 9.17) is 10.5 Å². The van der Waals surface area contributed by atoms with Crippen molar-refractivity contribution in [3.8, 4) is 0 Å². The van der Waals surface area contributed by atoms with Gasteiger partial charge in [-0.05, 0) is 48.5 Å². The van der Waals surface area contributed by atoms with Gasteiger partial charge in [0.25, 0.3) is 0 Å². The number of hydrogen-bond donors (Lipinski definition) is 1. The number of rotatable bonds is 3. The summed E-state index contributed by atoms with van der Waals surface area (Å²) >= 11 is 0. The van der Waals surface area contributed by atoms with Gasteiger partial charge in [0.05, 0.1) is 13.2 Å². The van der Waals surface area contributed by atoms with Crippen LogP contribution in [0.25, 0.3) is 0 Å². The summed E-state index contributed by atoms with van der Waals surface area (Å²) in [6.07, 6.45) is 0. The van der Waals surface area contributed by atoms with E-state index in [0.717, 1.165) is 43.4 Å². The van der Waals surface area contributed by atoms with Crippen LogP contribution in [0.4, 0.5) is 22.7 Å². The summed E-state index contributed by atoms with van der Waals surface area (Å²) in [6, 6.07) is 16.6. The van der Waals surface area contributed by atoms with Crippen molar-refractivity contribution in [3.05, 3.63) is 48.5 Å². The van der Waals surface area contributed by atoms with E-state index in [0.29, 0.717) is 0 Å². The van der Waals surface area contributed by atoms with Gasteiger partial charge in [0.2, 0.25) is 0 Å². The smallest absolute Gasteiger partial charge is 0.0642 e. The third kappa shape index (κ3) is 3.11. The summed E-state index contributed by atoms with van der Waals surface area (Å²) in [6.45, 7) is 3.56. The van der Waals surface area contributed by atoms with Gasteiger partial charge < -0.3 is 20.3 Å². The van der Waals surface area contributed by atoms with Crippen molar-refractivity contribution >= 4 is 22.7 Å². The monoisotopic (exact) mass is 283 g/mol. The largest absolute Gasteiger partial charge is 0.399 e. The number of anilines is 4. The molecular weight excluding hydrogens is 262 g/mol. The van der Waals surface area contributed by atoms with Gasteiger partial charge in [-0.25, -0.2) is 0 Å². The summed E-state index contributed by atoms with van der Waals surface area (Å²) in [7, 11) is 2.06. The van der Waals surface area contributed by atoms with Gasteiger partial charge in [-0.15, -0.1) is 0 Å². The van der Waals surface area contributed by atoms with E-state index in [1.165, 1.54) is 5.69 Å². The zero-order valence-corrected chi connectivity index (χ0v) is 12.3. The highest BCUT2D eigenvalue weighted by molar-refractivity contribution is 5.66. The van der Waals surface area contributed by atoms with E-state index >= 15 is 0 Å². The van der Waals surface area contributed by atoms with Crippen molar-refractivity contribution in [2.45, 2.75) is 0 Å². The number of nitrogen functional groups attached to an aromatic ring is 1. The Balaban J connectivity index is 1.75. The zero-order valence-electron chi connectivity index (χ0n) is 12.3. The second-order valence-electron chi connectivity index (χ2n) is 5.27. The van der Waals surface area contributed by atoms with E-state index in [1.54, 1.807) is 0 Å². The Morgan fingerprint density at radius 3 is 2.00 bits per heavy atom. The van der Waals surface area contributed by atoms with Crippen molar-refractivity contribution < 1.29 is 4.74 Å². The second kappa shape index (κ2) is 6.06. The van der Waals surface area contributed by atoms with Gasteiger partial charge in [-0.3, -0.25) is 0 Å². The van der Waals surface area contributed by atoms with Crippen molar-refractivity contribution in [3.63, 3.8) is 0 Å². The van der Waals surface area contributed by atoms with Crippen LogP contribution in [0.5, 0.6) is 0 Å². The maximum Gasteiger partial charge on any atom is 0.0642 e. The SMILES string of the molecule is CN(c1ccc(N)cc1)c1ccc(N2CCOCC2)cc1. The molecule has 2 N–H and O–H groups in total. The lowest BCUT2D eigenvalue weighted by Gasteiger charge is -2.29. The molecule has 0 radical (unpaired) electrons. The average Bonchev–Trinajstić information content (AvgIpc) is 2.56. The molecule has 0 bridgehead atoms. The van der Waals surface area contributed by atoms with E-state index in [9.17, 15) is 0 Å². The van der Waals surface area contributed by atoms with Gasteiger partial charge in [0.15, 0.2) is 0 Å². The summed E-state index contributed by atoms with van der Waals surface area (Å²) in [5.74, 6) is 0. The predicted molar refractivity (Wildman–Crippen MR) is 88.4 cm³/mol. The Bertz CT molecular complexity index is 574. The van der Waals surface area contributed by atoms with Crippen LogP contribution >= 0.6 is 0 Å². The maximum absolute atomic E-state index is 5.73. The highest BCUT2D eigenvalue weighted by atomic mass is 16.5. The first-order valence-electron chi connectivity index (χ1n) is 7.26. The lowest BCUT2D eigenvalue weighted by Crippen LogP contribution is -2.36. The first-order valence-corrected chi connectivity index (χ1v) is 7.26. The van der Waals surface area contributed by atoms with Gasteiger partial charge in [-0.1, -0.05) is 0 Å². The average molecular weight is 283 g/mol. The summed E-state index contributed by atoms with van der Waals surface area (Å²) in [4.78, 5) is 4.51. The molecule has 1 aliphatic rings. The fraction of sp³-hybridized carbons (Fsp3) is 0.294. The molecular formula is C17H21N3O. The van der Waals surface area contributed by atoms with Crippen LogP contribution < -0.4 is 15.5 Å². The molecule has 0 saturated carbocycles. The van der Waals surface area contributed by atoms with Gasteiger partial charge in [-0.2, -0.15) is 0 Å². The number of hydrogen-bond acceptors (Lipinski definition) is 4. The molecule has 0 unspecified atom stereocenters. The minimum atomic E-state index is 0.787. The first-order chi connectivity index (χ1) is 10.2. The Hall–Kier alpha value is -2.20. The normalized spacial score (nSPS) is 15.0. The molecule has 0 aliphatic carbocycles. The molecule has 4 heteroatoms. The third-order valence-electron chi connectivity index (χ3n) is 3.89. The van der Waals surface area contributed by atoms with Crippen LogP contribution in [-0.4, -0.2) is 33.4 Å². The Morgan fingerprint density at radius 2 is 1.43 bits per heavy atom. The van der Waals surface area contributed by atoms with E-state index in [2.05, 4.69) is 41.1 Å². The zero-order chi connectivity index (χ0) is 14.7. The van der Waals surface area contributed by atoms with E-state index in [-0.39, 0.29) is 0 Å². The topological polar surface area (TPSA) is 41.7 Å². The Kier molecular flexibility index (Phi) is 3.97. The number of morpholine rings is 1. The maximum atomic E-state index is 5.73. The van der Waals surface area contributed by atoms with Gasteiger partial charge in [0.1, 0.15) is 0 Å². The minimum Gasteiger partial charge on any atom is -0.399 e. The molecule has 0 spiro atoms. The van der Waals surface area contributed by atoms with Gasteiger partial charge in [0, 0.05) is 42.9 Å². The fourth-order valence-electron chi connectivity index (χ4n) is 2.56. The van der Waals surface area contributed by atoms with Gasteiger partial charge >= 0.3 is 0 Å². The van der Waals surface area contributed by atoms with Crippen LogP contribution in [0.3, 0.4) is 0 Å². The summed E-state index contributed by atoms with van der Waals surface area (Å²) in [5, 5.41) is 0. The molecule has 21 heavy (non-hydrogen) atoms. The van der Waals surface area contributed by atoms with Crippen molar-refractivity contribution in [2.75, 3.05) is 48.9 Å². The number of nitrogens with two attached hydrogens (primary N) is 1. The number of benzene rings is 2. The lowest BCUT2D eigenvalue weighted by atomic mass is 10.2. The number of nitrogens with zero attached hydrogens (tertiary/aromatic N) is 2. The number of ether oxygens (including phenoxy) is 1. The van der Waals surface area contributed by atoms with Crippen LogP contribution in [0, 0.1) is 0 Å². The summed E-state index contributed by atoms with van der Waals surface area (Å²) < 4.78 is 5.39. The quantitative estimate of drug-likeness (QED) is 0.880. The molecule has 2 aromatic carbocycles. The molecule has 1 saturated heterocycles. The van der Waals surface area contributed by atoms with Crippen LogP contribution in [0.1, 0.15) is 0 Å². The van der Waals surface area contributed by atoms with Crippen molar-refractivity contribution in [2.24, 2.45) is 0 Å². The van der Waals surface area contributed by atoms with E-state index in [1.807, 2.05) is 24.3 Å². The molecule has 4 nitrogen and oxygen atoms in total. The summed E-state index contributed by atoms with van der Waals surface area (Å²) in [5.41, 5.74) is 10.1. The molecule has 1 aliphatic heterocycles. The molecule has 0 atom stereocenters. The molecule has 0 amide bonds. The second-order valence-corrected chi connectivity index (χ2v) is 5.27. The first kappa shape index (κ1) is 13.8. The van der Waals surface area contributed by atoms with E-state index < -0.39 is 0 Å². The predicted octanol–water partition coefficient (Wildman–Crippen LogP) is 2.87. The lowest BCUT2D eigenvalue weighted by molar-refractivity contribution is 0.122. The molecule has 2 aromatic rings. The fourth-order valence-corrected chi connectivity index (χ4v) is 2.56. The third-order valence-corrected chi connectivity index (χ3v) is 3.89. The minimum absolute atomic E-state index is 0.787. The molecule has 0 aromatic heterocycles. The molecule has 1 heterocycles. The van der Waals surface area contributed by atoms with Crippen LogP contribution in [-0.2, 0) is 4.74 Å². The molecule has 110 valence electrons.